The lowest BCUT2D eigenvalue weighted by Gasteiger charge is -2.15. The van der Waals surface area contributed by atoms with E-state index >= 15 is 0 Å². The number of pyridine rings is 1. The van der Waals surface area contributed by atoms with Gasteiger partial charge in [-0.25, -0.2) is 4.98 Å². The molecule has 0 amide bonds. The summed E-state index contributed by atoms with van der Waals surface area (Å²) in [6.07, 6.45) is 1.84. The van der Waals surface area contributed by atoms with Crippen LogP contribution in [0.2, 0.25) is 0 Å². The molecule has 19 heavy (non-hydrogen) atoms. The Morgan fingerprint density at radius 3 is 2.74 bits per heavy atom. The van der Waals surface area contributed by atoms with Crippen molar-refractivity contribution in [2.45, 2.75) is 26.5 Å². The van der Waals surface area contributed by atoms with Gasteiger partial charge in [0.05, 0.1) is 6.10 Å². The van der Waals surface area contributed by atoms with Crippen LogP contribution in [0.1, 0.15) is 19.4 Å². The molecular weight excluding hydrogens is 238 g/mol. The van der Waals surface area contributed by atoms with Gasteiger partial charge in [0, 0.05) is 18.4 Å². The van der Waals surface area contributed by atoms with E-state index in [1.165, 1.54) is 0 Å². The van der Waals surface area contributed by atoms with E-state index in [1.807, 2.05) is 50.2 Å². The van der Waals surface area contributed by atoms with Crippen molar-refractivity contribution in [1.82, 2.24) is 4.98 Å². The molecule has 4 nitrogen and oxygen atoms in total. The molecule has 0 aliphatic rings. The van der Waals surface area contributed by atoms with Crippen molar-refractivity contribution in [2.75, 3.05) is 5.32 Å². The second-order valence-corrected chi connectivity index (χ2v) is 4.50. The van der Waals surface area contributed by atoms with Gasteiger partial charge in [-0.2, -0.15) is 0 Å². The quantitative estimate of drug-likeness (QED) is 0.864. The Hall–Kier alpha value is -2.07. The number of nitrogens with one attached hydrogen (secondary N) is 1. The van der Waals surface area contributed by atoms with Crippen LogP contribution in [0.25, 0.3) is 0 Å². The molecule has 0 spiro atoms. The Morgan fingerprint density at radius 1 is 1.21 bits per heavy atom. The van der Waals surface area contributed by atoms with Gasteiger partial charge in [0.1, 0.15) is 0 Å². The van der Waals surface area contributed by atoms with Gasteiger partial charge in [-0.3, -0.25) is 0 Å². The van der Waals surface area contributed by atoms with E-state index in [0.717, 1.165) is 17.0 Å². The number of nitrogens with zero attached hydrogens (tertiary/aromatic N) is 1. The molecule has 1 aromatic carbocycles. The lowest BCUT2D eigenvalue weighted by molar-refractivity contribution is 0.243. The third kappa shape index (κ3) is 3.45. The molecule has 0 aliphatic carbocycles. The van der Waals surface area contributed by atoms with Crippen LogP contribution in [-0.4, -0.2) is 11.1 Å². The molecule has 0 aliphatic heterocycles. The van der Waals surface area contributed by atoms with Crippen molar-refractivity contribution in [3.8, 4) is 5.75 Å². The summed E-state index contributed by atoms with van der Waals surface area (Å²) in [6.45, 7) is 4.46. The zero-order chi connectivity index (χ0) is 13.7. The van der Waals surface area contributed by atoms with Crippen molar-refractivity contribution < 1.29 is 4.74 Å². The third-order valence-corrected chi connectivity index (χ3v) is 2.62. The molecule has 2 aromatic rings. The minimum absolute atomic E-state index is 0.106. The number of benzene rings is 1. The zero-order valence-electron chi connectivity index (χ0n) is 11.3. The fourth-order valence-electron chi connectivity index (χ4n) is 1.78. The van der Waals surface area contributed by atoms with Gasteiger partial charge in [0.2, 0.25) is 0 Å². The highest BCUT2D eigenvalue weighted by Gasteiger charge is 2.08. The summed E-state index contributed by atoms with van der Waals surface area (Å²) in [5.74, 6) is 1.45. The third-order valence-electron chi connectivity index (χ3n) is 2.62. The van der Waals surface area contributed by atoms with Crippen LogP contribution in [0.5, 0.6) is 5.75 Å². The zero-order valence-corrected chi connectivity index (χ0v) is 11.3. The monoisotopic (exact) mass is 257 g/mol. The summed E-state index contributed by atoms with van der Waals surface area (Å²) in [5.41, 5.74) is 7.73. The maximum atomic E-state index is 5.73. The van der Waals surface area contributed by atoms with E-state index in [2.05, 4.69) is 10.3 Å². The van der Waals surface area contributed by atoms with Crippen LogP contribution in [0.15, 0.2) is 42.6 Å². The lowest BCUT2D eigenvalue weighted by Crippen LogP contribution is -2.09. The number of aromatic nitrogens is 1. The van der Waals surface area contributed by atoms with E-state index in [-0.39, 0.29) is 6.10 Å². The SMILES string of the molecule is CC(C)Oc1cccnc1Nc1ccccc1CN. The molecule has 3 N–H and O–H groups in total. The number of nitrogens with two attached hydrogens (primary N) is 1. The molecule has 1 heterocycles. The topological polar surface area (TPSA) is 60.2 Å². The van der Waals surface area contributed by atoms with E-state index in [1.54, 1.807) is 6.20 Å². The summed E-state index contributed by atoms with van der Waals surface area (Å²) >= 11 is 0. The molecular formula is C15H19N3O. The van der Waals surface area contributed by atoms with Crippen molar-refractivity contribution in [3.63, 3.8) is 0 Å². The van der Waals surface area contributed by atoms with E-state index in [4.69, 9.17) is 10.5 Å². The van der Waals surface area contributed by atoms with E-state index in [0.29, 0.717) is 12.4 Å². The van der Waals surface area contributed by atoms with Gasteiger partial charge in [-0.15, -0.1) is 0 Å². The second kappa shape index (κ2) is 6.20. The molecule has 0 fully saturated rings. The Labute approximate surface area is 113 Å². The Morgan fingerprint density at radius 2 is 2.00 bits per heavy atom. The predicted molar refractivity (Wildman–Crippen MR) is 77.6 cm³/mol. The number of anilines is 2. The fraction of sp³-hybridized carbons (Fsp3) is 0.267. The summed E-state index contributed by atoms with van der Waals surface area (Å²) < 4.78 is 5.73. The smallest absolute Gasteiger partial charge is 0.173 e. The van der Waals surface area contributed by atoms with Crippen molar-refractivity contribution in [2.24, 2.45) is 5.73 Å². The lowest BCUT2D eigenvalue weighted by atomic mass is 10.2. The highest BCUT2D eigenvalue weighted by atomic mass is 16.5. The van der Waals surface area contributed by atoms with Crippen LogP contribution < -0.4 is 15.8 Å². The Bertz CT molecular complexity index is 540. The van der Waals surface area contributed by atoms with Crippen molar-refractivity contribution in [1.29, 1.82) is 0 Å². The van der Waals surface area contributed by atoms with Crippen LogP contribution in [0.4, 0.5) is 11.5 Å². The average molecular weight is 257 g/mol. The molecule has 0 saturated carbocycles. The minimum Gasteiger partial charge on any atom is -0.487 e. The molecule has 2 rings (SSSR count). The second-order valence-electron chi connectivity index (χ2n) is 4.50. The molecule has 100 valence electrons. The van der Waals surface area contributed by atoms with Crippen LogP contribution in [0.3, 0.4) is 0 Å². The minimum atomic E-state index is 0.106. The number of rotatable bonds is 5. The van der Waals surface area contributed by atoms with Gasteiger partial charge >= 0.3 is 0 Å². The summed E-state index contributed by atoms with van der Waals surface area (Å²) in [4.78, 5) is 4.33. The first-order valence-corrected chi connectivity index (χ1v) is 6.37. The van der Waals surface area contributed by atoms with E-state index < -0.39 is 0 Å². The van der Waals surface area contributed by atoms with E-state index in [9.17, 15) is 0 Å². The van der Waals surface area contributed by atoms with Crippen LogP contribution in [0, 0.1) is 0 Å². The number of hydrogen-bond donors (Lipinski definition) is 2. The highest BCUT2D eigenvalue weighted by molar-refractivity contribution is 5.65. The molecule has 0 unspecified atom stereocenters. The first-order valence-electron chi connectivity index (χ1n) is 6.37. The average Bonchev–Trinajstić information content (AvgIpc) is 2.41. The maximum absolute atomic E-state index is 5.73. The van der Waals surface area contributed by atoms with Crippen LogP contribution in [-0.2, 0) is 6.54 Å². The molecule has 1 aromatic heterocycles. The summed E-state index contributed by atoms with van der Waals surface area (Å²) in [6, 6.07) is 11.7. The Balaban J connectivity index is 2.27. The van der Waals surface area contributed by atoms with Crippen molar-refractivity contribution in [3.05, 3.63) is 48.2 Å². The summed E-state index contributed by atoms with van der Waals surface area (Å²) in [5, 5.41) is 3.28. The normalized spacial score (nSPS) is 10.5. The largest absolute Gasteiger partial charge is 0.487 e. The molecule has 4 heteroatoms. The number of para-hydroxylation sites is 1. The Kier molecular flexibility index (Phi) is 4.36. The van der Waals surface area contributed by atoms with Gasteiger partial charge in [-0.05, 0) is 37.6 Å². The number of ether oxygens (including phenoxy) is 1. The molecule has 0 radical (unpaired) electrons. The van der Waals surface area contributed by atoms with Crippen molar-refractivity contribution >= 4 is 11.5 Å². The highest BCUT2D eigenvalue weighted by Crippen LogP contribution is 2.27. The molecule has 0 saturated heterocycles. The van der Waals surface area contributed by atoms with Gasteiger partial charge < -0.3 is 15.8 Å². The predicted octanol–water partition coefficient (Wildman–Crippen LogP) is 3.07. The molecule has 0 atom stereocenters. The standard InChI is InChI=1S/C15H19N3O/c1-11(2)19-14-8-5-9-17-15(14)18-13-7-4-3-6-12(13)10-16/h3-9,11H,10,16H2,1-2H3,(H,17,18). The van der Waals surface area contributed by atoms with Gasteiger partial charge in [-0.1, -0.05) is 18.2 Å². The fourth-order valence-corrected chi connectivity index (χ4v) is 1.78. The first kappa shape index (κ1) is 13.4. The molecule has 0 bridgehead atoms. The van der Waals surface area contributed by atoms with Gasteiger partial charge in [0.25, 0.3) is 0 Å². The maximum Gasteiger partial charge on any atom is 0.173 e. The first-order chi connectivity index (χ1) is 9.20. The number of hydrogen-bond acceptors (Lipinski definition) is 4. The summed E-state index contributed by atoms with van der Waals surface area (Å²) in [7, 11) is 0. The van der Waals surface area contributed by atoms with Crippen LogP contribution >= 0.6 is 0 Å². The van der Waals surface area contributed by atoms with Gasteiger partial charge in [0.15, 0.2) is 11.6 Å².